The Morgan fingerprint density at radius 2 is 1.04 bits per heavy atom. The number of hydrogen-bond donors (Lipinski definition) is 2. The van der Waals surface area contributed by atoms with Crippen molar-refractivity contribution in [2.24, 2.45) is 10.8 Å². The molecule has 0 aliphatic heterocycles. The minimum absolute atomic E-state index is 0.231. The van der Waals surface area contributed by atoms with Gasteiger partial charge in [0.1, 0.15) is 0 Å². The maximum Gasteiger partial charge on any atom is 0.309 e. The summed E-state index contributed by atoms with van der Waals surface area (Å²) < 4.78 is 24.6. The smallest absolute Gasteiger partial charge is 0.309 e. The van der Waals surface area contributed by atoms with Crippen LogP contribution in [-0.4, -0.2) is 42.1 Å². The highest BCUT2D eigenvalue weighted by Gasteiger charge is 2.28. The highest BCUT2D eigenvalue weighted by molar-refractivity contribution is 7.85. The van der Waals surface area contributed by atoms with Crippen LogP contribution in [0.2, 0.25) is 0 Å². The number of carboxylic acids is 2. The van der Waals surface area contributed by atoms with Gasteiger partial charge in [0.05, 0.1) is 32.4 Å². The van der Waals surface area contributed by atoms with Gasteiger partial charge in [-0.1, -0.05) is 0 Å². The van der Waals surface area contributed by atoms with Crippen molar-refractivity contribution in [3.63, 3.8) is 0 Å². The summed E-state index contributed by atoms with van der Waals surface area (Å²) in [5, 5.41) is 18.2. The average Bonchev–Trinajstić information content (AvgIpc) is 2.57. The molecule has 0 heterocycles. The lowest BCUT2D eigenvalue weighted by molar-refractivity contribution is -0.147. The summed E-state index contributed by atoms with van der Waals surface area (Å²) >= 11 is 0. The zero-order chi connectivity index (χ0) is 20.1. The standard InChI is InChI=1S/C18H26O6S2/c1-17(2,15(19)20)9-11-25(23)13-5-7-14(8-6-13)26(24)12-10-18(3,4)16(21)22/h5-8H,9-12H2,1-4H3,(H,19,20)(H,21,22). The second-order valence-corrected chi connectivity index (χ2v) is 10.6. The summed E-state index contributed by atoms with van der Waals surface area (Å²) in [5.41, 5.74) is -1.87. The molecule has 0 aliphatic carbocycles. The molecule has 0 bridgehead atoms. The van der Waals surface area contributed by atoms with Gasteiger partial charge in [-0.05, 0) is 64.8 Å². The van der Waals surface area contributed by atoms with Crippen LogP contribution in [0.5, 0.6) is 0 Å². The molecule has 6 nitrogen and oxygen atoms in total. The number of aliphatic carboxylic acids is 2. The number of benzene rings is 1. The Labute approximate surface area is 158 Å². The van der Waals surface area contributed by atoms with Crippen molar-refractivity contribution in [3.8, 4) is 0 Å². The maximum absolute atomic E-state index is 12.3. The Balaban J connectivity index is 2.68. The SMILES string of the molecule is CC(C)(CCS(=O)c1ccc(S(=O)CCC(C)(C)C(=O)O)cc1)C(=O)O. The van der Waals surface area contributed by atoms with Gasteiger partial charge in [-0.15, -0.1) is 0 Å². The van der Waals surface area contributed by atoms with Gasteiger partial charge in [-0.3, -0.25) is 18.0 Å². The topological polar surface area (TPSA) is 109 Å². The van der Waals surface area contributed by atoms with Crippen molar-refractivity contribution in [1.82, 2.24) is 0 Å². The third-order valence-electron chi connectivity index (χ3n) is 4.33. The molecule has 1 aromatic rings. The summed E-state index contributed by atoms with van der Waals surface area (Å²) in [5.74, 6) is -1.39. The van der Waals surface area contributed by atoms with Gasteiger partial charge in [0.2, 0.25) is 0 Å². The first-order valence-corrected chi connectivity index (χ1v) is 10.8. The fourth-order valence-corrected chi connectivity index (χ4v) is 4.63. The molecular weight excluding hydrogens is 376 g/mol. The predicted octanol–water partition coefficient (Wildman–Crippen LogP) is 2.90. The van der Waals surface area contributed by atoms with Crippen LogP contribution in [-0.2, 0) is 31.2 Å². The van der Waals surface area contributed by atoms with Crippen molar-refractivity contribution < 1.29 is 28.2 Å². The van der Waals surface area contributed by atoms with Crippen LogP contribution in [0.25, 0.3) is 0 Å². The van der Waals surface area contributed by atoms with E-state index in [-0.39, 0.29) is 24.3 Å². The zero-order valence-electron chi connectivity index (χ0n) is 15.5. The lowest BCUT2D eigenvalue weighted by Crippen LogP contribution is -2.25. The van der Waals surface area contributed by atoms with Crippen LogP contribution in [0.4, 0.5) is 0 Å². The van der Waals surface area contributed by atoms with Crippen LogP contribution in [0.15, 0.2) is 34.1 Å². The molecule has 146 valence electrons. The second kappa shape index (κ2) is 8.90. The fraction of sp³-hybridized carbons (Fsp3) is 0.556. The predicted molar refractivity (Wildman–Crippen MR) is 101 cm³/mol. The number of rotatable bonds is 10. The van der Waals surface area contributed by atoms with E-state index in [2.05, 4.69) is 0 Å². The van der Waals surface area contributed by atoms with Gasteiger partial charge in [0.15, 0.2) is 0 Å². The summed E-state index contributed by atoms with van der Waals surface area (Å²) in [6, 6.07) is 6.50. The third-order valence-corrected chi connectivity index (χ3v) is 7.08. The quantitative estimate of drug-likeness (QED) is 0.623. The van der Waals surface area contributed by atoms with E-state index in [1.165, 1.54) is 0 Å². The molecule has 0 amide bonds. The minimum Gasteiger partial charge on any atom is -0.481 e. The molecule has 0 spiro atoms. The first-order chi connectivity index (χ1) is 11.9. The van der Waals surface area contributed by atoms with Gasteiger partial charge >= 0.3 is 11.9 Å². The van der Waals surface area contributed by atoms with Crippen LogP contribution in [0, 0.1) is 10.8 Å². The maximum atomic E-state index is 12.3. The van der Waals surface area contributed by atoms with Crippen molar-refractivity contribution in [2.75, 3.05) is 11.5 Å². The number of carboxylic acid groups (broad SMARTS) is 2. The number of hydrogen-bond acceptors (Lipinski definition) is 4. The first kappa shape index (κ1) is 22.5. The molecular formula is C18H26O6S2. The average molecular weight is 403 g/mol. The molecule has 0 fully saturated rings. The van der Waals surface area contributed by atoms with E-state index in [1.807, 2.05) is 0 Å². The molecule has 0 saturated carbocycles. The molecule has 0 aliphatic rings. The first-order valence-electron chi connectivity index (χ1n) is 8.20. The van der Waals surface area contributed by atoms with Gasteiger partial charge in [-0.2, -0.15) is 0 Å². The molecule has 2 unspecified atom stereocenters. The van der Waals surface area contributed by atoms with E-state index < -0.39 is 44.4 Å². The summed E-state index contributed by atoms with van der Waals surface area (Å²) in [6.45, 7) is 6.38. The van der Waals surface area contributed by atoms with E-state index in [0.717, 1.165) is 0 Å². The Morgan fingerprint density at radius 1 is 0.769 bits per heavy atom. The van der Waals surface area contributed by atoms with Crippen LogP contribution in [0.1, 0.15) is 40.5 Å². The summed E-state index contributed by atoms with van der Waals surface area (Å²) in [4.78, 5) is 23.3. The molecule has 26 heavy (non-hydrogen) atoms. The Bertz CT molecular complexity index is 646. The minimum atomic E-state index is -1.33. The largest absolute Gasteiger partial charge is 0.481 e. The van der Waals surface area contributed by atoms with Crippen molar-refractivity contribution >= 4 is 33.5 Å². The van der Waals surface area contributed by atoms with Gasteiger partial charge < -0.3 is 10.2 Å². The lowest BCUT2D eigenvalue weighted by Gasteiger charge is -2.18. The summed E-state index contributed by atoms with van der Waals surface area (Å²) in [7, 11) is -2.66. The normalized spacial score (nSPS) is 14.6. The van der Waals surface area contributed by atoms with E-state index in [1.54, 1.807) is 52.0 Å². The van der Waals surface area contributed by atoms with Gasteiger partial charge in [0, 0.05) is 21.3 Å². The van der Waals surface area contributed by atoms with Crippen molar-refractivity contribution in [2.45, 2.75) is 50.3 Å². The highest BCUT2D eigenvalue weighted by Crippen LogP contribution is 2.24. The Hall–Kier alpha value is -1.54. The second-order valence-electron chi connectivity index (χ2n) is 7.45. The third kappa shape index (κ3) is 6.32. The molecule has 1 rings (SSSR count). The van der Waals surface area contributed by atoms with Crippen molar-refractivity contribution in [3.05, 3.63) is 24.3 Å². The van der Waals surface area contributed by atoms with Crippen LogP contribution in [0.3, 0.4) is 0 Å². The fourth-order valence-electron chi connectivity index (χ4n) is 1.89. The Kier molecular flexibility index (Phi) is 7.70. The molecule has 2 N–H and O–H groups in total. The van der Waals surface area contributed by atoms with Crippen LogP contribution < -0.4 is 0 Å². The molecule has 2 atom stereocenters. The van der Waals surface area contributed by atoms with E-state index in [9.17, 15) is 18.0 Å². The Morgan fingerprint density at radius 3 is 1.27 bits per heavy atom. The molecule has 1 aromatic carbocycles. The highest BCUT2D eigenvalue weighted by atomic mass is 32.2. The van der Waals surface area contributed by atoms with Gasteiger partial charge in [0.25, 0.3) is 0 Å². The molecule has 8 heteroatoms. The molecule has 0 aromatic heterocycles. The molecule has 0 saturated heterocycles. The monoisotopic (exact) mass is 402 g/mol. The van der Waals surface area contributed by atoms with E-state index in [4.69, 9.17) is 10.2 Å². The summed E-state index contributed by atoms with van der Waals surface area (Å²) in [6.07, 6.45) is 0.569. The van der Waals surface area contributed by atoms with Gasteiger partial charge in [-0.25, -0.2) is 0 Å². The van der Waals surface area contributed by atoms with Crippen molar-refractivity contribution in [1.29, 1.82) is 0 Å². The molecule has 0 radical (unpaired) electrons. The van der Waals surface area contributed by atoms with E-state index >= 15 is 0 Å². The number of carbonyl (C=O) groups is 2. The lowest BCUT2D eigenvalue weighted by atomic mass is 9.91. The zero-order valence-corrected chi connectivity index (χ0v) is 17.1. The van der Waals surface area contributed by atoms with Crippen LogP contribution >= 0.6 is 0 Å². The van der Waals surface area contributed by atoms with E-state index in [0.29, 0.717) is 9.79 Å².